The number of carbonyl (C=O) groups is 1. The van der Waals surface area contributed by atoms with Gasteiger partial charge in [0.05, 0.1) is 23.1 Å². The van der Waals surface area contributed by atoms with Crippen molar-refractivity contribution < 1.29 is 4.79 Å². The number of nitrogens with one attached hydrogen (secondary N) is 3. The number of pyridine rings is 1. The fourth-order valence-corrected chi connectivity index (χ4v) is 6.17. The second-order valence-corrected chi connectivity index (χ2v) is 10.9. The summed E-state index contributed by atoms with van der Waals surface area (Å²) in [5, 5.41) is 16.2. The second-order valence-electron chi connectivity index (χ2n) is 10.2. The van der Waals surface area contributed by atoms with Crippen LogP contribution < -0.4 is 5.32 Å². The van der Waals surface area contributed by atoms with Gasteiger partial charge in [-0.3, -0.25) is 14.9 Å². The minimum absolute atomic E-state index is 0.1000. The first-order valence-corrected chi connectivity index (χ1v) is 14.3. The number of hydrogen-bond acceptors (Lipinski definition) is 4. The Morgan fingerprint density at radius 1 is 1.10 bits per heavy atom. The highest BCUT2D eigenvalue weighted by molar-refractivity contribution is 7.08. The lowest BCUT2D eigenvalue weighted by atomic mass is 9.88. The molecule has 0 unspecified atom stereocenters. The summed E-state index contributed by atoms with van der Waals surface area (Å²) in [6, 6.07) is 12.5. The smallest absolute Gasteiger partial charge is 0.227 e. The molecular weight excluding hydrogens is 502 g/mol. The van der Waals surface area contributed by atoms with Gasteiger partial charge in [-0.05, 0) is 77.6 Å². The average molecular weight is 534 g/mol. The van der Waals surface area contributed by atoms with Crippen molar-refractivity contribution in [3.05, 3.63) is 95.1 Å². The van der Waals surface area contributed by atoms with E-state index in [0.717, 1.165) is 81.6 Å². The van der Waals surface area contributed by atoms with Gasteiger partial charge in [0, 0.05) is 34.3 Å². The number of benzene rings is 1. The van der Waals surface area contributed by atoms with Crippen molar-refractivity contribution in [2.75, 3.05) is 5.32 Å². The van der Waals surface area contributed by atoms with E-state index in [1.165, 1.54) is 12.0 Å². The summed E-state index contributed by atoms with van der Waals surface area (Å²) in [7, 11) is 0. The molecule has 5 aromatic rings. The van der Waals surface area contributed by atoms with Gasteiger partial charge in [-0.2, -0.15) is 16.4 Å². The number of fused-ring (bicyclic) bond motifs is 1. The summed E-state index contributed by atoms with van der Waals surface area (Å²) in [5.41, 5.74) is 9.95. The maximum Gasteiger partial charge on any atom is 0.227 e. The quantitative estimate of drug-likeness (QED) is 0.185. The molecule has 6 rings (SSSR count). The topological polar surface area (TPSA) is 86.5 Å². The van der Waals surface area contributed by atoms with Crippen LogP contribution in [0.2, 0.25) is 0 Å². The van der Waals surface area contributed by atoms with Crippen molar-refractivity contribution in [1.82, 2.24) is 20.2 Å². The third kappa shape index (κ3) is 5.10. The molecule has 1 aromatic carbocycles. The van der Waals surface area contributed by atoms with Crippen LogP contribution >= 0.6 is 11.3 Å². The lowest BCUT2D eigenvalue weighted by molar-refractivity contribution is -0.120. The minimum atomic E-state index is 0.1000. The van der Waals surface area contributed by atoms with E-state index in [1.807, 2.05) is 24.4 Å². The van der Waals surface area contributed by atoms with Crippen LogP contribution in [0, 0.1) is 12.8 Å². The monoisotopic (exact) mass is 533 g/mol. The van der Waals surface area contributed by atoms with E-state index in [-0.39, 0.29) is 11.8 Å². The van der Waals surface area contributed by atoms with E-state index >= 15 is 0 Å². The van der Waals surface area contributed by atoms with Gasteiger partial charge in [-0.25, -0.2) is 0 Å². The van der Waals surface area contributed by atoms with Gasteiger partial charge in [0.1, 0.15) is 5.69 Å². The molecule has 1 fully saturated rings. The molecule has 196 valence electrons. The van der Waals surface area contributed by atoms with Gasteiger partial charge in [-0.1, -0.05) is 44.1 Å². The van der Waals surface area contributed by atoms with Gasteiger partial charge in [0.25, 0.3) is 0 Å². The van der Waals surface area contributed by atoms with E-state index in [4.69, 9.17) is 0 Å². The summed E-state index contributed by atoms with van der Waals surface area (Å²) in [6.07, 6.45) is 12.9. The maximum atomic E-state index is 12.8. The normalized spacial score (nSPS) is 14.5. The molecule has 3 N–H and O–H groups in total. The Labute approximate surface area is 231 Å². The zero-order valence-electron chi connectivity index (χ0n) is 22.0. The Morgan fingerprint density at radius 3 is 2.77 bits per heavy atom. The molecule has 1 aliphatic carbocycles. The van der Waals surface area contributed by atoms with Crippen molar-refractivity contribution in [2.24, 2.45) is 5.92 Å². The van der Waals surface area contributed by atoms with E-state index < -0.39 is 0 Å². The lowest BCUT2D eigenvalue weighted by Crippen LogP contribution is -2.24. The molecule has 6 nitrogen and oxygen atoms in total. The summed E-state index contributed by atoms with van der Waals surface area (Å²) in [5.74, 6) is 0.203. The van der Waals surface area contributed by atoms with Gasteiger partial charge in [0.15, 0.2) is 0 Å². The highest BCUT2D eigenvalue weighted by Crippen LogP contribution is 2.35. The fourth-order valence-electron chi connectivity index (χ4n) is 5.52. The standard InChI is InChI=1S/C32H31N5OS/c1-3-7-26(23-12-13-39-19-23)27-16-30(34-20(27)2)31-28-15-22(10-11-29(28)36-37-31)24-14-25(18-33-17-24)35-32(38)21-8-5-4-6-9-21/h3,7,10-19,21,34H,1,4-6,8-9H2,2H3,(H,35,38)(H,36,37)/b26-7-. The van der Waals surface area contributed by atoms with Crippen molar-refractivity contribution in [3.63, 3.8) is 0 Å². The Morgan fingerprint density at radius 2 is 1.97 bits per heavy atom. The Bertz CT molecular complexity index is 1670. The molecule has 0 spiro atoms. The second kappa shape index (κ2) is 10.9. The molecule has 0 bridgehead atoms. The summed E-state index contributed by atoms with van der Waals surface area (Å²) in [6.45, 7) is 6.00. The van der Waals surface area contributed by atoms with Crippen molar-refractivity contribution in [1.29, 1.82) is 0 Å². The Balaban J connectivity index is 1.32. The molecule has 4 aromatic heterocycles. The van der Waals surface area contributed by atoms with Crippen LogP contribution in [-0.4, -0.2) is 26.1 Å². The molecule has 4 heterocycles. The van der Waals surface area contributed by atoms with Crippen LogP contribution in [0.1, 0.15) is 48.9 Å². The summed E-state index contributed by atoms with van der Waals surface area (Å²) in [4.78, 5) is 20.8. The van der Waals surface area contributed by atoms with E-state index in [0.29, 0.717) is 0 Å². The average Bonchev–Trinajstić information content (AvgIpc) is 3.72. The Kier molecular flexibility index (Phi) is 6.99. The summed E-state index contributed by atoms with van der Waals surface area (Å²) < 4.78 is 0. The molecule has 0 aliphatic heterocycles. The molecule has 7 heteroatoms. The van der Waals surface area contributed by atoms with Gasteiger partial charge in [-0.15, -0.1) is 0 Å². The number of rotatable bonds is 7. The zero-order chi connectivity index (χ0) is 26.8. The number of aryl methyl sites for hydroxylation is 1. The first-order valence-electron chi connectivity index (χ1n) is 13.4. The van der Waals surface area contributed by atoms with Crippen LogP contribution in [0.3, 0.4) is 0 Å². The van der Waals surface area contributed by atoms with Crippen LogP contribution in [-0.2, 0) is 4.79 Å². The predicted octanol–water partition coefficient (Wildman–Crippen LogP) is 8.13. The number of aromatic nitrogens is 4. The van der Waals surface area contributed by atoms with Crippen molar-refractivity contribution in [2.45, 2.75) is 39.0 Å². The predicted molar refractivity (Wildman–Crippen MR) is 161 cm³/mol. The molecule has 39 heavy (non-hydrogen) atoms. The van der Waals surface area contributed by atoms with Crippen LogP contribution in [0.15, 0.2) is 78.3 Å². The lowest BCUT2D eigenvalue weighted by Gasteiger charge is -2.20. The number of anilines is 1. The molecule has 1 saturated carbocycles. The number of hydrogen-bond donors (Lipinski definition) is 3. The first-order chi connectivity index (χ1) is 19.1. The van der Waals surface area contributed by atoms with Gasteiger partial charge < -0.3 is 10.3 Å². The van der Waals surface area contributed by atoms with E-state index in [2.05, 4.69) is 80.1 Å². The highest BCUT2D eigenvalue weighted by atomic mass is 32.1. The van der Waals surface area contributed by atoms with Crippen LogP contribution in [0.4, 0.5) is 5.69 Å². The molecule has 0 radical (unpaired) electrons. The minimum Gasteiger partial charge on any atom is -0.357 e. The number of H-pyrrole nitrogens is 2. The van der Waals surface area contributed by atoms with Gasteiger partial charge >= 0.3 is 0 Å². The Hall–Kier alpha value is -4.23. The number of nitrogens with zero attached hydrogens (tertiary/aromatic N) is 2. The van der Waals surface area contributed by atoms with E-state index in [1.54, 1.807) is 17.5 Å². The third-order valence-corrected chi connectivity index (χ3v) is 8.24. The molecule has 1 aliphatic rings. The SMILES string of the molecule is C=C/C=C(/c1ccsc1)c1cc(-c2n[nH]c3ccc(-c4cncc(NC(=O)C5CCCCC5)c4)cc23)[nH]c1C. The number of carbonyl (C=O) groups excluding carboxylic acids is 1. The van der Waals surface area contributed by atoms with Crippen LogP contribution in [0.25, 0.3) is 39.0 Å². The molecular formula is C32H31N5OS. The number of allylic oxidation sites excluding steroid dienone is 2. The molecule has 1 amide bonds. The van der Waals surface area contributed by atoms with Crippen LogP contribution in [0.5, 0.6) is 0 Å². The maximum absolute atomic E-state index is 12.8. The number of thiophene rings is 1. The molecule has 0 atom stereocenters. The third-order valence-electron chi connectivity index (χ3n) is 7.55. The zero-order valence-corrected chi connectivity index (χ0v) is 22.8. The highest BCUT2D eigenvalue weighted by Gasteiger charge is 2.21. The van der Waals surface area contributed by atoms with Gasteiger partial charge in [0.2, 0.25) is 5.91 Å². The largest absolute Gasteiger partial charge is 0.357 e. The number of amides is 1. The first kappa shape index (κ1) is 25.1. The van der Waals surface area contributed by atoms with Crippen molar-refractivity contribution in [3.8, 4) is 22.5 Å². The summed E-state index contributed by atoms with van der Waals surface area (Å²) >= 11 is 1.68. The van der Waals surface area contributed by atoms with E-state index in [9.17, 15) is 4.79 Å². The molecule has 0 saturated heterocycles. The fraction of sp³-hybridized carbons (Fsp3) is 0.219. The number of aromatic amines is 2. The van der Waals surface area contributed by atoms with Crippen molar-refractivity contribution >= 4 is 39.4 Å².